The van der Waals surface area contributed by atoms with Crippen molar-refractivity contribution in [2.75, 3.05) is 37.6 Å². The topological polar surface area (TPSA) is 69.7 Å². The van der Waals surface area contributed by atoms with Gasteiger partial charge < -0.3 is 9.80 Å². The van der Waals surface area contributed by atoms with Gasteiger partial charge in [0.15, 0.2) is 0 Å². The maximum absolute atomic E-state index is 13.0. The number of piperazine rings is 1. The van der Waals surface area contributed by atoms with Crippen molar-refractivity contribution < 1.29 is 17.6 Å². The Morgan fingerprint density at radius 2 is 1.68 bits per heavy atom. The zero-order valence-corrected chi connectivity index (χ0v) is 16.8. The number of aryl methyl sites for hydroxylation is 2. The highest BCUT2D eigenvalue weighted by molar-refractivity contribution is 7.89. The van der Waals surface area contributed by atoms with Crippen LogP contribution < -0.4 is 9.62 Å². The summed E-state index contributed by atoms with van der Waals surface area (Å²) >= 11 is 0. The molecule has 0 radical (unpaired) electrons. The van der Waals surface area contributed by atoms with Crippen molar-refractivity contribution in [1.29, 1.82) is 0 Å². The van der Waals surface area contributed by atoms with Crippen molar-refractivity contribution in [1.82, 2.24) is 9.62 Å². The fourth-order valence-electron chi connectivity index (χ4n) is 3.21. The van der Waals surface area contributed by atoms with Gasteiger partial charge >= 0.3 is 0 Å². The molecule has 1 aliphatic rings. The van der Waals surface area contributed by atoms with Crippen LogP contribution in [0.1, 0.15) is 11.1 Å². The van der Waals surface area contributed by atoms with Crippen molar-refractivity contribution in [2.45, 2.75) is 18.7 Å². The second-order valence-corrected chi connectivity index (χ2v) is 8.67. The number of halogens is 1. The van der Waals surface area contributed by atoms with Gasteiger partial charge in [-0.2, -0.15) is 0 Å². The molecule has 0 aromatic heterocycles. The zero-order valence-electron chi connectivity index (χ0n) is 16.0. The largest absolute Gasteiger partial charge is 0.368 e. The molecule has 0 saturated carbocycles. The molecule has 0 atom stereocenters. The number of anilines is 1. The first-order valence-corrected chi connectivity index (χ1v) is 10.6. The van der Waals surface area contributed by atoms with Crippen molar-refractivity contribution in [3.63, 3.8) is 0 Å². The Kier molecular flexibility index (Phi) is 6.00. The molecule has 150 valence electrons. The van der Waals surface area contributed by atoms with E-state index in [9.17, 15) is 17.6 Å². The summed E-state index contributed by atoms with van der Waals surface area (Å²) < 4.78 is 40.5. The molecule has 28 heavy (non-hydrogen) atoms. The number of nitrogens with one attached hydrogen (secondary N) is 1. The van der Waals surface area contributed by atoms with E-state index in [-0.39, 0.29) is 23.2 Å². The average molecular weight is 405 g/mol. The van der Waals surface area contributed by atoms with E-state index in [0.717, 1.165) is 11.3 Å². The predicted octanol–water partition coefficient (Wildman–Crippen LogP) is 2.07. The minimum absolute atomic E-state index is 0.196. The van der Waals surface area contributed by atoms with Crippen LogP contribution in [0.2, 0.25) is 0 Å². The minimum Gasteiger partial charge on any atom is -0.368 e. The summed E-state index contributed by atoms with van der Waals surface area (Å²) in [4.78, 5) is 16.4. The summed E-state index contributed by atoms with van der Waals surface area (Å²) in [5.74, 6) is -0.540. The molecule has 1 N–H and O–H groups in total. The molecule has 1 fully saturated rings. The van der Waals surface area contributed by atoms with Crippen molar-refractivity contribution >= 4 is 21.6 Å². The molecule has 2 aromatic carbocycles. The van der Waals surface area contributed by atoms with Gasteiger partial charge in [-0.25, -0.2) is 17.5 Å². The van der Waals surface area contributed by atoms with Crippen LogP contribution in [0, 0.1) is 19.7 Å². The summed E-state index contributed by atoms with van der Waals surface area (Å²) in [5, 5.41) is 0. The Bertz CT molecular complexity index is 953. The maximum atomic E-state index is 13.0. The second-order valence-electron chi connectivity index (χ2n) is 6.94. The molecule has 0 bridgehead atoms. The minimum atomic E-state index is -3.75. The van der Waals surface area contributed by atoms with Gasteiger partial charge in [-0.1, -0.05) is 12.1 Å². The number of rotatable bonds is 5. The Morgan fingerprint density at radius 3 is 2.32 bits per heavy atom. The van der Waals surface area contributed by atoms with Crippen LogP contribution in [0.4, 0.5) is 10.1 Å². The lowest BCUT2D eigenvalue weighted by atomic mass is 10.2. The molecule has 1 heterocycles. The van der Waals surface area contributed by atoms with E-state index in [1.165, 1.54) is 12.1 Å². The third-order valence-corrected chi connectivity index (χ3v) is 6.41. The van der Waals surface area contributed by atoms with Crippen LogP contribution in [0.5, 0.6) is 0 Å². The van der Waals surface area contributed by atoms with Crippen molar-refractivity contribution in [3.8, 4) is 0 Å². The van der Waals surface area contributed by atoms with Gasteiger partial charge in [0.2, 0.25) is 15.9 Å². The van der Waals surface area contributed by atoms with Gasteiger partial charge in [0.1, 0.15) is 5.82 Å². The van der Waals surface area contributed by atoms with Gasteiger partial charge in [0.05, 0.1) is 11.4 Å². The molecular weight excluding hydrogens is 381 g/mol. The lowest BCUT2D eigenvalue weighted by Gasteiger charge is -2.36. The number of nitrogens with zero attached hydrogens (tertiary/aromatic N) is 2. The third kappa shape index (κ3) is 4.69. The first-order chi connectivity index (χ1) is 13.3. The Hall–Kier alpha value is -2.45. The van der Waals surface area contributed by atoms with Crippen LogP contribution in [-0.4, -0.2) is 51.9 Å². The smallest absolute Gasteiger partial charge is 0.241 e. The number of amides is 1. The first-order valence-electron chi connectivity index (χ1n) is 9.11. The van der Waals surface area contributed by atoms with E-state index in [1.54, 1.807) is 36.1 Å². The quantitative estimate of drug-likeness (QED) is 0.827. The molecule has 0 spiro atoms. The van der Waals surface area contributed by atoms with Crippen LogP contribution in [0.3, 0.4) is 0 Å². The van der Waals surface area contributed by atoms with Gasteiger partial charge in [-0.3, -0.25) is 4.79 Å². The number of hydrogen-bond acceptors (Lipinski definition) is 4. The summed E-state index contributed by atoms with van der Waals surface area (Å²) in [7, 11) is -3.75. The molecule has 3 rings (SSSR count). The van der Waals surface area contributed by atoms with E-state index in [4.69, 9.17) is 0 Å². The predicted molar refractivity (Wildman–Crippen MR) is 106 cm³/mol. The van der Waals surface area contributed by atoms with Crippen molar-refractivity contribution in [3.05, 3.63) is 59.4 Å². The van der Waals surface area contributed by atoms with Crippen LogP contribution in [-0.2, 0) is 14.8 Å². The molecule has 0 aliphatic carbocycles. The number of hydrogen-bond donors (Lipinski definition) is 1. The van der Waals surface area contributed by atoms with E-state index >= 15 is 0 Å². The van der Waals surface area contributed by atoms with E-state index in [0.29, 0.717) is 31.7 Å². The number of benzene rings is 2. The van der Waals surface area contributed by atoms with Crippen molar-refractivity contribution in [2.24, 2.45) is 0 Å². The van der Waals surface area contributed by atoms with E-state index in [1.807, 2.05) is 13.0 Å². The fourth-order valence-corrected chi connectivity index (χ4v) is 4.51. The lowest BCUT2D eigenvalue weighted by Crippen LogP contribution is -2.51. The Morgan fingerprint density at radius 1 is 1.04 bits per heavy atom. The molecule has 1 saturated heterocycles. The number of sulfonamides is 1. The first kappa shape index (κ1) is 20.3. The summed E-state index contributed by atoms with van der Waals surface area (Å²) in [6.45, 7) is 5.48. The van der Waals surface area contributed by atoms with Crippen LogP contribution >= 0.6 is 0 Å². The Balaban J connectivity index is 1.56. The van der Waals surface area contributed by atoms with E-state index < -0.39 is 10.0 Å². The summed E-state index contributed by atoms with van der Waals surface area (Å²) in [6.07, 6.45) is 0. The zero-order chi connectivity index (χ0) is 20.3. The SMILES string of the molecule is Cc1ccc(C)c(S(=O)(=O)NCC(=O)N2CCN(c3ccc(F)cc3)CC2)c1. The molecular formula is C20H24FN3O3S. The highest BCUT2D eigenvalue weighted by Crippen LogP contribution is 2.18. The average Bonchev–Trinajstić information content (AvgIpc) is 2.69. The molecule has 2 aromatic rings. The molecule has 8 heteroatoms. The molecule has 0 unspecified atom stereocenters. The normalized spacial score (nSPS) is 15.0. The summed E-state index contributed by atoms with van der Waals surface area (Å²) in [5.41, 5.74) is 2.39. The molecule has 6 nitrogen and oxygen atoms in total. The lowest BCUT2D eigenvalue weighted by molar-refractivity contribution is -0.130. The van der Waals surface area contributed by atoms with Gasteiger partial charge in [0.25, 0.3) is 0 Å². The number of carbonyl (C=O) groups is 1. The molecule has 1 aliphatic heterocycles. The van der Waals surface area contributed by atoms with Gasteiger partial charge in [-0.15, -0.1) is 0 Å². The van der Waals surface area contributed by atoms with E-state index in [2.05, 4.69) is 9.62 Å². The summed E-state index contributed by atoms with van der Waals surface area (Å²) in [6, 6.07) is 11.4. The third-order valence-electron chi connectivity index (χ3n) is 4.87. The second kappa shape index (κ2) is 8.28. The van der Waals surface area contributed by atoms with Gasteiger partial charge in [-0.05, 0) is 55.3 Å². The van der Waals surface area contributed by atoms with Gasteiger partial charge in [0, 0.05) is 31.9 Å². The Labute approximate surface area is 165 Å². The molecule has 1 amide bonds. The van der Waals surface area contributed by atoms with Crippen LogP contribution in [0.25, 0.3) is 0 Å². The number of carbonyl (C=O) groups excluding carboxylic acids is 1. The standard InChI is InChI=1S/C20H24FN3O3S/c1-15-3-4-16(2)19(13-15)28(26,27)22-14-20(25)24-11-9-23(10-12-24)18-7-5-17(21)6-8-18/h3-8,13,22H,9-12,14H2,1-2H3. The highest BCUT2D eigenvalue weighted by atomic mass is 32.2. The van der Waals surface area contributed by atoms with Crippen LogP contribution in [0.15, 0.2) is 47.4 Å². The monoisotopic (exact) mass is 405 g/mol. The fraction of sp³-hybridized carbons (Fsp3) is 0.350. The highest BCUT2D eigenvalue weighted by Gasteiger charge is 2.24. The maximum Gasteiger partial charge on any atom is 0.241 e.